The van der Waals surface area contributed by atoms with Gasteiger partial charge in [-0.3, -0.25) is 4.79 Å². The molecule has 1 aromatic rings. The fourth-order valence-electron chi connectivity index (χ4n) is 2.68. The molecule has 0 spiro atoms. The van der Waals surface area contributed by atoms with Crippen LogP contribution < -0.4 is 16.8 Å². The maximum absolute atomic E-state index is 12.2. The molecule has 0 radical (unpaired) electrons. The fourth-order valence-corrected chi connectivity index (χ4v) is 2.68. The van der Waals surface area contributed by atoms with Crippen molar-refractivity contribution in [2.24, 2.45) is 5.92 Å². The highest BCUT2D eigenvalue weighted by Gasteiger charge is 2.26. The Hall–Kier alpha value is -1.75. The van der Waals surface area contributed by atoms with Crippen LogP contribution in [0.15, 0.2) is 18.2 Å². The normalized spacial score (nSPS) is 23.0. The first-order valence-corrected chi connectivity index (χ1v) is 6.68. The van der Waals surface area contributed by atoms with Gasteiger partial charge >= 0.3 is 0 Å². The Balaban J connectivity index is 2.07. The van der Waals surface area contributed by atoms with Gasteiger partial charge in [-0.05, 0) is 31.0 Å². The Morgan fingerprint density at radius 2 is 1.84 bits per heavy atom. The Morgan fingerprint density at radius 3 is 2.47 bits per heavy atom. The highest BCUT2D eigenvalue weighted by molar-refractivity contribution is 5.96. The molecule has 2 atom stereocenters. The van der Waals surface area contributed by atoms with Crippen LogP contribution in [0.5, 0.6) is 0 Å². The average Bonchev–Trinajstić information content (AvgIpc) is 2.38. The zero-order valence-electron chi connectivity index (χ0n) is 10.9. The van der Waals surface area contributed by atoms with Crippen molar-refractivity contribution in [3.63, 3.8) is 0 Å². The fraction of sp³-hybridized carbons (Fsp3) is 0.500. The number of anilines is 2. The summed E-state index contributed by atoms with van der Waals surface area (Å²) in [4.78, 5) is 12.2. The summed E-state index contributed by atoms with van der Waals surface area (Å²) < 4.78 is 0. The van der Waals surface area contributed by atoms with Crippen LogP contribution in [0.4, 0.5) is 11.4 Å². The van der Waals surface area contributed by atoms with Gasteiger partial charge in [0.05, 0.1) is 0 Å². The zero-order chi connectivity index (χ0) is 13.8. The van der Waals surface area contributed by atoms with Gasteiger partial charge < -0.3 is 21.9 Å². The molecule has 1 aromatic carbocycles. The molecule has 0 saturated heterocycles. The van der Waals surface area contributed by atoms with Gasteiger partial charge in [0, 0.05) is 35.5 Å². The molecule has 2 unspecified atom stereocenters. The van der Waals surface area contributed by atoms with E-state index in [0.29, 0.717) is 16.9 Å². The number of amides is 1. The number of carbonyl (C=O) groups is 1. The maximum Gasteiger partial charge on any atom is 0.251 e. The van der Waals surface area contributed by atoms with Gasteiger partial charge in [-0.25, -0.2) is 0 Å². The minimum atomic E-state index is -0.177. The standard InChI is InChI=1S/C14H21N3O2/c15-11-5-10(6-12(16)7-11)14(19)17-13-4-2-1-3-9(13)8-18/h5-7,9,13,18H,1-4,8,15-16H2,(H,17,19). The van der Waals surface area contributed by atoms with Crippen LogP contribution >= 0.6 is 0 Å². The predicted molar refractivity (Wildman–Crippen MR) is 75.6 cm³/mol. The molecular formula is C14H21N3O2. The molecule has 104 valence electrons. The third-order valence-electron chi connectivity index (χ3n) is 3.70. The van der Waals surface area contributed by atoms with Crippen LogP contribution in [-0.2, 0) is 0 Å². The lowest BCUT2D eigenvalue weighted by Gasteiger charge is -2.30. The topological polar surface area (TPSA) is 101 Å². The van der Waals surface area contributed by atoms with E-state index >= 15 is 0 Å². The molecule has 1 amide bonds. The lowest BCUT2D eigenvalue weighted by molar-refractivity contribution is 0.0872. The number of hydrogen-bond acceptors (Lipinski definition) is 4. The Morgan fingerprint density at radius 1 is 1.21 bits per heavy atom. The van der Waals surface area contributed by atoms with E-state index in [4.69, 9.17) is 11.5 Å². The molecule has 0 heterocycles. The number of nitrogen functional groups attached to an aromatic ring is 2. The Kier molecular flexibility index (Phi) is 4.27. The van der Waals surface area contributed by atoms with E-state index in [-0.39, 0.29) is 24.5 Å². The molecule has 1 aliphatic carbocycles. The molecule has 0 aromatic heterocycles. The monoisotopic (exact) mass is 263 g/mol. The van der Waals surface area contributed by atoms with Gasteiger partial charge in [0.15, 0.2) is 0 Å². The van der Waals surface area contributed by atoms with Gasteiger partial charge in [0.2, 0.25) is 0 Å². The summed E-state index contributed by atoms with van der Waals surface area (Å²) in [6.07, 6.45) is 4.07. The molecule has 1 saturated carbocycles. The molecule has 1 fully saturated rings. The summed E-state index contributed by atoms with van der Waals surface area (Å²) in [5, 5.41) is 12.3. The van der Waals surface area contributed by atoms with Gasteiger partial charge in [0.1, 0.15) is 0 Å². The van der Waals surface area contributed by atoms with E-state index < -0.39 is 0 Å². The second kappa shape index (κ2) is 5.93. The SMILES string of the molecule is Nc1cc(N)cc(C(=O)NC2CCCCC2CO)c1. The van der Waals surface area contributed by atoms with Crippen molar-refractivity contribution < 1.29 is 9.90 Å². The third-order valence-corrected chi connectivity index (χ3v) is 3.70. The lowest BCUT2D eigenvalue weighted by atomic mass is 9.85. The summed E-state index contributed by atoms with van der Waals surface area (Å²) >= 11 is 0. The van der Waals surface area contributed by atoms with Crippen LogP contribution in [0.1, 0.15) is 36.0 Å². The number of rotatable bonds is 3. The first kappa shape index (κ1) is 13.7. The van der Waals surface area contributed by atoms with Crippen LogP contribution in [0.25, 0.3) is 0 Å². The van der Waals surface area contributed by atoms with Crippen LogP contribution in [0.2, 0.25) is 0 Å². The molecule has 1 aliphatic rings. The smallest absolute Gasteiger partial charge is 0.251 e. The summed E-state index contributed by atoms with van der Waals surface area (Å²) in [6.45, 7) is 0.115. The zero-order valence-corrected chi connectivity index (χ0v) is 10.9. The predicted octanol–water partition coefficient (Wildman–Crippen LogP) is 1.13. The number of nitrogens with one attached hydrogen (secondary N) is 1. The third kappa shape index (κ3) is 3.38. The summed E-state index contributed by atoms with van der Waals surface area (Å²) in [7, 11) is 0. The van der Waals surface area contributed by atoms with E-state index in [1.807, 2.05) is 0 Å². The van der Waals surface area contributed by atoms with Crippen LogP contribution in [0, 0.1) is 5.92 Å². The largest absolute Gasteiger partial charge is 0.399 e. The second-order valence-corrected chi connectivity index (χ2v) is 5.20. The molecule has 0 bridgehead atoms. The number of nitrogens with two attached hydrogens (primary N) is 2. The minimum Gasteiger partial charge on any atom is -0.399 e. The van der Waals surface area contributed by atoms with Crippen molar-refractivity contribution in [3.05, 3.63) is 23.8 Å². The molecular weight excluding hydrogens is 242 g/mol. The van der Waals surface area contributed by atoms with Crippen molar-refractivity contribution in [1.82, 2.24) is 5.32 Å². The van der Waals surface area contributed by atoms with Crippen molar-refractivity contribution in [2.45, 2.75) is 31.7 Å². The van der Waals surface area contributed by atoms with E-state index in [1.165, 1.54) is 0 Å². The first-order valence-electron chi connectivity index (χ1n) is 6.68. The summed E-state index contributed by atoms with van der Waals surface area (Å²) in [5.41, 5.74) is 12.8. The lowest BCUT2D eigenvalue weighted by Crippen LogP contribution is -2.43. The van der Waals surface area contributed by atoms with Crippen molar-refractivity contribution in [3.8, 4) is 0 Å². The van der Waals surface area contributed by atoms with Gasteiger partial charge in [-0.1, -0.05) is 12.8 Å². The Bertz CT molecular complexity index is 442. The number of hydrogen-bond donors (Lipinski definition) is 4. The van der Waals surface area contributed by atoms with Gasteiger partial charge in [0.25, 0.3) is 5.91 Å². The van der Waals surface area contributed by atoms with Gasteiger partial charge in [-0.15, -0.1) is 0 Å². The van der Waals surface area contributed by atoms with Crippen molar-refractivity contribution in [1.29, 1.82) is 0 Å². The molecule has 0 aliphatic heterocycles. The maximum atomic E-state index is 12.2. The molecule has 6 N–H and O–H groups in total. The Labute approximate surface area is 113 Å². The van der Waals surface area contributed by atoms with E-state index in [1.54, 1.807) is 18.2 Å². The average molecular weight is 263 g/mol. The van der Waals surface area contributed by atoms with Crippen LogP contribution in [0.3, 0.4) is 0 Å². The minimum absolute atomic E-state index is 0.0360. The molecule has 19 heavy (non-hydrogen) atoms. The summed E-state index contributed by atoms with van der Waals surface area (Å²) in [5.74, 6) is -0.0274. The number of benzene rings is 1. The summed E-state index contributed by atoms with van der Waals surface area (Å²) in [6, 6.07) is 4.88. The van der Waals surface area contributed by atoms with Crippen LogP contribution in [-0.4, -0.2) is 23.7 Å². The van der Waals surface area contributed by atoms with E-state index in [0.717, 1.165) is 25.7 Å². The van der Waals surface area contributed by atoms with Crippen molar-refractivity contribution in [2.75, 3.05) is 18.1 Å². The second-order valence-electron chi connectivity index (χ2n) is 5.20. The van der Waals surface area contributed by atoms with E-state index in [9.17, 15) is 9.90 Å². The van der Waals surface area contributed by atoms with Gasteiger partial charge in [-0.2, -0.15) is 0 Å². The first-order chi connectivity index (χ1) is 9.10. The molecule has 2 rings (SSSR count). The number of aliphatic hydroxyl groups excluding tert-OH is 1. The highest BCUT2D eigenvalue weighted by atomic mass is 16.3. The quantitative estimate of drug-likeness (QED) is 0.614. The van der Waals surface area contributed by atoms with Crippen molar-refractivity contribution >= 4 is 17.3 Å². The molecule has 5 heteroatoms. The van der Waals surface area contributed by atoms with E-state index in [2.05, 4.69) is 5.32 Å². The highest BCUT2D eigenvalue weighted by Crippen LogP contribution is 2.24. The number of aliphatic hydroxyl groups is 1. The molecule has 5 nitrogen and oxygen atoms in total. The number of carbonyl (C=O) groups excluding carboxylic acids is 1.